The molecule has 2 aromatic rings. The molecular weight excluding hydrogens is 392 g/mol. The Bertz CT molecular complexity index is 827. The minimum absolute atomic E-state index is 0.176. The normalized spacial score (nSPS) is 12.9. The molecule has 0 aromatic heterocycles. The Labute approximate surface area is 196 Å². The number of hydrogen-bond acceptors (Lipinski definition) is 2. The molecule has 0 unspecified atom stereocenters. The maximum Gasteiger partial charge on any atom is 0.313 e. The van der Waals surface area contributed by atoms with Gasteiger partial charge in [0.15, 0.2) is 0 Å². The van der Waals surface area contributed by atoms with Crippen LogP contribution in [0.5, 0.6) is 0 Å². The Morgan fingerprint density at radius 1 is 0.875 bits per heavy atom. The van der Waals surface area contributed by atoms with Crippen molar-refractivity contribution in [1.82, 2.24) is 0 Å². The lowest BCUT2D eigenvalue weighted by atomic mass is 9.95. The summed E-state index contributed by atoms with van der Waals surface area (Å²) < 4.78 is 5.87. The third kappa shape index (κ3) is 9.07. The fourth-order valence-electron chi connectivity index (χ4n) is 4.39. The quantitative estimate of drug-likeness (QED) is 0.150. The number of hydrogen-bond donors (Lipinski definition) is 0. The maximum atomic E-state index is 12.9. The van der Waals surface area contributed by atoms with E-state index in [1.165, 1.54) is 64.2 Å². The second-order valence-electron chi connectivity index (χ2n) is 9.08. The molecule has 0 spiro atoms. The molecule has 0 fully saturated rings. The first-order valence-corrected chi connectivity index (χ1v) is 12.8. The number of benzene rings is 2. The zero-order valence-electron chi connectivity index (χ0n) is 20.3. The molecule has 174 valence electrons. The van der Waals surface area contributed by atoms with E-state index in [2.05, 4.69) is 31.0 Å². The highest BCUT2D eigenvalue weighted by molar-refractivity contribution is 5.91. The number of carbonyl (C=O) groups excluding carboxylic acids is 1. The van der Waals surface area contributed by atoms with Gasteiger partial charge in [0.05, 0.1) is 5.92 Å². The van der Waals surface area contributed by atoms with Crippen molar-refractivity contribution in [3.63, 3.8) is 0 Å². The van der Waals surface area contributed by atoms with E-state index in [0.717, 1.165) is 29.2 Å². The molecule has 0 aliphatic rings. The summed E-state index contributed by atoms with van der Waals surface area (Å²) in [5.74, 6) is 2.21. The predicted molar refractivity (Wildman–Crippen MR) is 137 cm³/mol. The topological polar surface area (TPSA) is 26.3 Å². The molecule has 0 N–H and O–H groups in total. The van der Waals surface area contributed by atoms with E-state index >= 15 is 0 Å². The number of rotatable bonds is 16. The molecule has 0 saturated heterocycles. The van der Waals surface area contributed by atoms with Crippen molar-refractivity contribution in [3.05, 3.63) is 48.0 Å². The van der Waals surface area contributed by atoms with Gasteiger partial charge in [0, 0.05) is 6.42 Å². The minimum Gasteiger partial charge on any atom is -0.461 e. The van der Waals surface area contributed by atoms with E-state index in [1.54, 1.807) is 0 Å². The van der Waals surface area contributed by atoms with Gasteiger partial charge in [-0.15, -0.1) is 12.3 Å². The summed E-state index contributed by atoms with van der Waals surface area (Å²) in [6, 6.07) is 14.3. The van der Waals surface area contributed by atoms with Gasteiger partial charge >= 0.3 is 5.97 Å². The van der Waals surface area contributed by atoms with Gasteiger partial charge in [-0.25, -0.2) is 0 Å². The number of fused-ring (bicyclic) bond motifs is 1. The minimum atomic E-state index is -0.307. The second kappa shape index (κ2) is 15.5. The lowest BCUT2D eigenvalue weighted by Gasteiger charge is -2.20. The Balaban J connectivity index is 1.71. The molecule has 0 amide bonds. The number of esters is 1. The van der Waals surface area contributed by atoms with Crippen molar-refractivity contribution in [1.29, 1.82) is 0 Å². The molecular formula is C30H42O2. The van der Waals surface area contributed by atoms with Crippen LogP contribution in [0.3, 0.4) is 0 Å². The average Bonchev–Trinajstić information content (AvgIpc) is 2.81. The van der Waals surface area contributed by atoms with Crippen LogP contribution >= 0.6 is 0 Å². The molecule has 32 heavy (non-hydrogen) atoms. The van der Waals surface area contributed by atoms with Crippen molar-refractivity contribution < 1.29 is 9.53 Å². The summed E-state index contributed by atoms with van der Waals surface area (Å²) >= 11 is 0. The van der Waals surface area contributed by atoms with E-state index in [-0.39, 0.29) is 18.0 Å². The Morgan fingerprint density at radius 2 is 1.47 bits per heavy atom. The van der Waals surface area contributed by atoms with Crippen LogP contribution in [0, 0.1) is 12.3 Å². The average molecular weight is 435 g/mol. The number of unbranched alkanes of at least 4 members (excludes halogenated alkanes) is 10. The second-order valence-corrected chi connectivity index (χ2v) is 9.08. The van der Waals surface area contributed by atoms with Crippen LogP contribution in [0.15, 0.2) is 42.5 Å². The van der Waals surface area contributed by atoms with Crippen molar-refractivity contribution in [2.24, 2.45) is 0 Å². The summed E-state index contributed by atoms with van der Waals surface area (Å²) in [4.78, 5) is 12.9. The van der Waals surface area contributed by atoms with Gasteiger partial charge in [0.1, 0.15) is 6.10 Å². The largest absolute Gasteiger partial charge is 0.461 e. The van der Waals surface area contributed by atoms with Crippen LogP contribution in [0.2, 0.25) is 0 Å². The first-order valence-electron chi connectivity index (χ1n) is 12.8. The van der Waals surface area contributed by atoms with Gasteiger partial charge in [-0.2, -0.15) is 0 Å². The fraction of sp³-hybridized carbons (Fsp3) is 0.567. The summed E-state index contributed by atoms with van der Waals surface area (Å²) in [5.41, 5.74) is 1.02. The third-order valence-corrected chi connectivity index (χ3v) is 6.40. The number of carbonyl (C=O) groups is 1. The molecule has 0 heterocycles. The summed E-state index contributed by atoms with van der Waals surface area (Å²) in [5, 5.41) is 2.25. The van der Waals surface area contributed by atoms with Gasteiger partial charge < -0.3 is 4.74 Å². The Hall–Kier alpha value is -2.27. The lowest BCUT2D eigenvalue weighted by molar-refractivity contribution is -0.150. The molecule has 0 aliphatic carbocycles. The molecule has 2 rings (SSSR count). The molecule has 0 saturated carbocycles. The number of ether oxygens (including phenoxy) is 1. The molecule has 2 heteroatoms. The molecule has 0 bridgehead atoms. The SMILES string of the molecule is C#CC[C@@H](CCCCCCCCCCCCC)OC(=O)[C@H](C)c1cccc2ccccc12. The number of terminal acetylenes is 1. The molecule has 2 atom stereocenters. The van der Waals surface area contributed by atoms with Crippen LogP contribution in [-0.4, -0.2) is 12.1 Å². The Kier molecular flexibility index (Phi) is 12.6. The summed E-state index contributed by atoms with van der Waals surface area (Å²) in [6.07, 6.45) is 21.1. The molecule has 0 radical (unpaired) electrons. The highest BCUT2D eigenvalue weighted by Crippen LogP contribution is 2.27. The van der Waals surface area contributed by atoms with E-state index in [1.807, 2.05) is 31.2 Å². The maximum absolute atomic E-state index is 12.9. The lowest BCUT2D eigenvalue weighted by Crippen LogP contribution is -2.22. The van der Waals surface area contributed by atoms with E-state index in [9.17, 15) is 4.79 Å². The summed E-state index contributed by atoms with van der Waals surface area (Å²) in [6.45, 7) is 4.19. The monoisotopic (exact) mass is 434 g/mol. The van der Waals surface area contributed by atoms with Crippen molar-refractivity contribution in [2.45, 2.75) is 109 Å². The third-order valence-electron chi connectivity index (χ3n) is 6.40. The van der Waals surface area contributed by atoms with Gasteiger partial charge in [0.25, 0.3) is 0 Å². The fourth-order valence-corrected chi connectivity index (χ4v) is 4.39. The van der Waals surface area contributed by atoms with Crippen LogP contribution in [-0.2, 0) is 9.53 Å². The first-order chi connectivity index (χ1) is 15.7. The van der Waals surface area contributed by atoms with Crippen LogP contribution < -0.4 is 0 Å². The van der Waals surface area contributed by atoms with Gasteiger partial charge in [-0.1, -0.05) is 114 Å². The van der Waals surface area contributed by atoms with E-state index in [4.69, 9.17) is 11.2 Å². The molecule has 2 aromatic carbocycles. The predicted octanol–water partition coefficient (Wildman–Crippen LogP) is 8.58. The zero-order valence-corrected chi connectivity index (χ0v) is 20.3. The van der Waals surface area contributed by atoms with Gasteiger partial charge in [-0.05, 0) is 36.1 Å². The van der Waals surface area contributed by atoms with E-state index in [0.29, 0.717) is 6.42 Å². The Morgan fingerprint density at radius 3 is 2.12 bits per heavy atom. The van der Waals surface area contributed by atoms with Gasteiger partial charge in [-0.3, -0.25) is 4.79 Å². The van der Waals surface area contributed by atoms with Crippen molar-refractivity contribution in [2.75, 3.05) is 0 Å². The van der Waals surface area contributed by atoms with Crippen LogP contribution in [0.25, 0.3) is 10.8 Å². The van der Waals surface area contributed by atoms with Gasteiger partial charge in [0.2, 0.25) is 0 Å². The van der Waals surface area contributed by atoms with E-state index < -0.39 is 0 Å². The van der Waals surface area contributed by atoms with Crippen LogP contribution in [0.1, 0.15) is 109 Å². The highest BCUT2D eigenvalue weighted by Gasteiger charge is 2.22. The highest BCUT2D eigenvalue weighted by atomic mass is 16.5. The van der Waals surface area contributed by atoms with Crippen molar-refractivity contribution in [3.8, 4) is 12.3 Å². The smallest absolute Gasteiger partial charge is 0.313 e. The summed E-state index contributed by atoms with van der Waals surface area (Å²) in [7, 11) is 0. The zero-order chi connectivity index (χ0) is 23.0. The molecule has 2 nitrogen and oxygen atoms in total. The standard InChI is InChI=1S/C30H42O2/c1-4-6-7-8-9-10-11-12-13-14-15-22-27(19-5-2)32-30(31)25(3)28-24-18-21-26-20-16-17-23-29(26)28/h2,16-18,20-21,23-25,27H,4,6-15,19,22H2,1,3H3/t25-,27+/m1/s1. The first kappa shape index (κ1) is 26.0. The molecule has 0 aliphatic heterocycles. The van der Waals surface area contributed by atoms with Crippen LogP contribution in [0.4, 0.5) is 0 Å². The van der Waals surface area contributed by atoms with Crippen molar-refractivity contribution >= 4 is 16.7 Å².